The molecule has 1 fully saturated rings. The van der Waals surface area contributed by atoms with E-state index < -0.39 is 0 Å². The molecule has 1 N–H and O–H groups in total. The van der Waals surface area contributed by atoms with Crippen molar-refractivity contribution in [1.82, 2.24) is 9.88 Å². The third-order valence-corrected chi connectivity index (χ3v) is 4.23. The molecule has 116 valence electrons. The number of anilines is 1. The largest absolute Gasteiger partial charge is 0.326 e. The Morgan fingerprint density at radius 3 is 2.62 bits per heavy atom. The van der Waals surface area contributed by atoms with E-state index in [2.05, 4.69) is 22.1 Å². The van der Waals surface area contributed by atoms with Crippen molar-refractivity contribution >= 4 is 11.6 Å². The normalized spacial score (nSPS) is 16.8. The van der Waals surface area contributed by atoms with Crippen LogP contribution in [0.4, 0.5) is 5.69 Å². The second-order valence-electron chi connectivity index (χ2n) is 5.90. The van der Waals surface area contributed by atoms with Gasteiger partial charge in [-0.3, -0.25) is 9.78 Å². The zero-order chi connectivity index (χ0) is 14.9. The lowest BCUT2D eigenvalue weighted by Crippen LogP contribution is -2.38. The highest BCUT2D eigenvalue weighted by molar-refractivity contribution is 5.92. The van der Waals surface area contributed by atoms with Gasteiger partial charge in [-0.1, -0.05) is 26.2 Å². The number of amides is 1. The van der Waals surface area contributed by atoms with Crippen LogP contribution in [0.2, 0.25) is 0 Å². The summed E-state index contributed by atoms with van der Waals surface area (Å²) in [5.74, 6) is 0.317. The number of carbonyl (C=O) groups excluding carboxylic acids is 1. The maximum absolute atomic E-state index is 12.2. The predicted molar refractivity (Wildman–Crippen MR) is 86.2 cm³/mol. The van der Waals surface area contributed by atoms with E-state index in [1.54, 1.807) is 12.4 Å². The van der Waals surface area contributed by atoms with Gasteiger partial charge in [-0.25, -0.2) is 0 Å². The summed E-state index contributed by atoms with van der Waals surface area (Å²) < 4.78 is 0. The van der Waals surface area contributed by atoms with Crippen molar-refractivity contribution in [3.8, 4) is 0 Å². The van der Waals surface area contributed by atoms with Gasteiger partial charge < -0.3 is 10.2 Å². The second-order valence-corrected chi connectivity index (χ2v) is 5.90. The first kappa shape index (κ1) is 16.0. The highest BCUT2D eigenvalue weighted by Gasteiger charge is 2.24. The summed E-state index contributed by atoms with van der Waals surface area (Å²) in [6.45, 7) is 5.55. The number of unbranched alkanes of at least 4 members (excludes halogenated alkanes) is 3. The van der Waals surface area contributed by atoms with Crippen molar-refractivity contribution in [3.63, 3.8) is 0 Å². The number of hydrogen-bond donors (Lipinski definition) is 1. The third kappa shape index (κ3) is 5.46. The minimum absolute atomic E-state index is 0.157. The van der Waals surface area contributed by atoms with E-state index in [1.165, 1.54) is 32.2 Å². The maximum Gasteiger partial charge on any atom is 0.227 e. The summed E-state index contributed by atoms with van der Waals surface area (Å²) in [6.07, 6.45) is 10.6. The van der Waals surface area contributed by atoms with Crippen LogP contribution in [0.1, 0.15) is 45.4 Å². The van der Waals surface area contributed by atoms with Gasteiger partial charge in [0, 0.05) is 24.0 Å². The standard InChI is InChI=1S/C17H27N3O/c1-2-3-4-5-12-20-13-8-15(9-14-20)17(21)19-16-6-10-18-11-7-16/h6-7,10-11,15H,2-5,8-9,12-14H2,1H3,(H,18,19,21). The molecule has 0 radical (unpaired) electrons. The highest BCUT2D eigenvalue weighted by Crippen LogP contribution is 2.19. The van der Waals surface area contributed by atoms with Gasteiger partial charge in [-0.15, -0.1) is 0 Å². The minimum atomic E-state index is 0.157. The third-order valence-electron chi connectivity index (χ3n) is 4.23. The van der Waals surface area contributed by atoms with E-state index in [9.17, 15) is 4.79 Å². The van der Waals surface area contributed by atoms with Crippen LogP contribution in [0.25, 0.3) is 0 Å². The molecule has 1 aromatic rings. The SMILES string of the molecule is CCCCCCN1CCC(C(=O)Nc2ccncc2)CC1. The molecule has 0 spiro atoms. The molecule has 1 aromatic heterocycles. The highest BCUT2D eigenvalue weighted by atomic mass is 16.1. The number of hydrogen-bond acceptors (Lipinski definition) is 3. The van der Waals surface area contributed by atoms with E-state index in [4.69, 9.17) is 0 Å². The van der Waals surface area contributed by atoms with Gasteiger partial charge >= 0.3 is 0 Å². The van der Waals surface area contributed by atoms with Gasteiger partial charge in [-0.05, 0) is 51.0 Å². The molecule has 21 heavy (non-hydrogen) atoms. The number of pyridine rings is 1. The van der Waals surface area contributed by atoms with Crippen LogP contribution < -0.4 is 5.32 Å². The summed E-state index contributed by atoms with van der Waals surface area (Å²) in [5, 5.41) is 2.99. The number of carbonyl (C=O) groups is 1. The quantitative estimate of drug-likeness (QED) is 0.783. The van der Waals surface area contributed by atoms with E-state index in [-0.39, 0.29) is 11.8 Å². The summed E-state index contributed by atoms with van der Waals surface area (Å²) >= 11 is 0. The van der Waals surface area contributed by atoms with E-state index in [1.807, 2.05) is 12.1 Å². The van der Waals surface area contributed by atoms with Crippen molar-refractivity contribution < 1.29 is 4.79 Å². The average Bonchev–Trinajstić information content (AvgIpc) is 2.53. The molecule has 0 aromatic carbocycles. The Hall–Kier alpha value is -1.42. The molecule has 0 bridgehead atoms. The van der Waals surface area contributed by atoms with Crippen molar-refractivity contribution in [1.29, 1.82) is 0 Å². The Bertz CT molecular complexity index is 413. The van der Waals surface area contributed by atoms with Crippen LogP contribution in [-0.4, -0.2) is 35.4 Å². The Labute approximate surface area is 127 Å². The molecule has 0 unspecified atom stereocenters. The van der Waals surface area contributed by atoms with E-state index in [0.717, 1.165) is 31.6 Å². The van der Waals surface area contributed by atoms with Crippen LogP contribution in [0.5, 0.6) is 0 Å². The summed E-state index contributed by atoms with van der Waals surface area (Å²) in [6, 6.07) is 3.67. The molecule has 0 saturated carbocycles. The molecule has 2 rings (SSSR count). The molecule has 1 amide bonds. The monoisotopic (exact) mass is 289 g/mol. The molecule has 4 heteroatoms. The van der Waals surface area contributed by atoms with Gasteiger partial charge in [0.15, 0.2) is 0 Å². The Kier molecular flexibility index (Phi) is 6.67. The van der Waals surface area contributed by atoms with E-state index in [0.29, 0.717) is 0 Å². The zero-order valence-corrected chi connectivity index (χ0v) is 13.1. The van der Waals surface area contributed by atoms with Crippen molar-refractivity contribution in [2.45, 2.75) is 45.4 Å². The van der Waals surface area contributed by atoms with Gasteiger partial charge in [0.2, 0.25) is 5.91 Å². The second kappa shape index (κ2) is 8.78. The molecule has 0 atom stereocenters. The predicted octanol–water partition coefficient (Wildman–Crippen LogP) is 3.31. The number of nitrogens with one attached hydrogen (secondary N) is 1. The lowest BCUT2D eigenvalue weighted by atomic mass is 9.95. The van der Waals surface area contributed by atoms with Gasteiger partial charge in [-0.2, -0.15) is 0 Å². The molecule has 1 aliphatic heterocycles. The number of rotatable bonds is 7. The molecule has 0 aliphatic carbocycles. The summed E-state index contributed by atoms with van der Waals surface area (Å²) in [7, 11) is 0. The van der Waals surface area contributed by atoms with Crippen LogP contribution in [0.15, 0.2) is 24.5 Å². The molecule has 2 heterocycles. The first-order valence-electron chi connectivity index (χ1n) is 8.23. The Balaban J connectivity index is 1.67. The Morgan fingerprint density at radius 2 is 1.95 bits per heavy atom. The average molecular weight is 289 g/mol. The molecular formula is C17H27N3O. The fraction of sp³-hybridized carbons (Fsp3) is 0.647. The summed E-state index contributed by atoms with van der Waals surface area (Å²) in [5.41, 5.74) is 0.844. The number of likely N-dealkylation sites (tertiary alicyclic amines) is 1. The zero-order valence-electron chi connectivity index (χ0n) is 13.1. The molecule has 1 saturated heterocycles. The number of nitrogens with zero attached hydrogens (tertiary/aromatic N) is 2. The Morgan fingerprint density at radius 1 is 1.24 bits per heavy atom. The lowest BCUT2D eigenvalue weighted by Gasteiger charge is -2.31. The topological polar surface area (TPSA) is 45.2 Å². The van der Waals surface area contributed by atoms with Crippen molar-refractivity contribution in [2.75, 3.05) is 25.0 Å². The molecule has 4 nitrogen and oxygen atoms in total. The fourth-order valence-corrected chi connectivity index (χ4v) is 2.86. The van der Waals surface area contributed by atoms with Crippen LogP contribution >= 0.6 is 0 Å². The van der Waals surface area contributed by atoms with Gasteiger partial charge in [0.05, 0.1) is 0 Å². The van der Waals surface area contributed by atoms with Crippen molar-refractivity contribution in [3.05, 3.63) is 24.5 Å². The number of piperidine rings is 1. The minimum Gasteiger partial charge on any atom is -0.326 e. The molecule has 1 aliphatic rings. The van der Waals surface area contributed by atoms with Gasteiger partial charge in [0.25, 0.3) is 0 Å². The van der Waals surface area contributed by atoms with Crippen LogP contribution in [0.3, 0.4) is 0 Å². The van der Waals surface area contributed by atoms with E-state index >= 15 is 0 Å². The maximum atomic E-state index is 12.2. The van der Waals surface area contributed by atoms with Crippen molar-refractivity contribution in [2.24, 2.45) is 5.92 Å². The fourth-order valence-electron chi connectivity index (χ4n) is 2.86. The van der Waals surface area contributed by atoms with Crippen LogP contribution in [0, 0.1) is 5.92 Å². The van der Waals surface area contributed by atoms with Crippen LogP contribution in [-0.2, 0) is 4.79 Å². The summed E-state index contributed by atoms with van der Waals surface area (Å²) in [4.78, 5) is 18.7. The number of aromatic nitrogens is 1. The molecular weight excluding hydrogens is 262 g/mol. The first-order chi connectivity index (χ1) is 10.3. The smallest absolute Gasteiger partial charge is 0.227 e. The lowest BCUT2D eigenvalue weighted by molar-refractivity contribution is -0.121. The van der Waals surface area contributed by atoms with Gasteiger partial charge in [0.1, 0.15) is 0 Å². The first-order valence-corrected chi connectivity index (χ1v) is 8.23.